The van der Waals surface area contributed by atoms with Crippen LogP contribution in [-0.2, 0) is 0 Å². The summed E-state index contributed by atoms with van der Waals surface area (Å²) in [6.45, 7) is 8.56. The second-order valence-corrected chi connectivity index (χ2v) is 5.92. The van der Waals surface area contributed by atoms with E-state index in [2.05, 4.69) is 29.1 Å². The van der Waals surface area contributed by atoms with Crippen molar-refractivity contribution in [2.45, 2.75) is 51.1 Å². The topological polar surface area (TPSA) is 18.5 Å². The summed E-state index contributed by atoms with van der Waals surface area (Å²) in [7, 11) is 2.24. The first kappa shape index (κ1) is 13.3. The summed E-state index contributed by atoms with van der Waals surface area (Å²) < 4.78 is 0. The molecule has 100 valence electrons. The van der Waals surface area contributed by atoms with E-state index in [-0.39, 0.29) is 0 Å². The Labute approximate surface area is 107 Å². The van der Waals surface area contributed by atoms with Gasteiger partial charge in [0.15, 0.2) is 0 Å². The van der Waals surface area contributed by atoms with Crippen LogP contribution < -0.4 is 5.32 Å². The molecule has 1 N–H and O–H groups in total. The first-order chi connectivity index (χ1) is 8.25. The van der Waals surface area contributed by atoms with Gasteiger partial charge in [0.05, 0.1) is 0 Å². The van der Waals surface area contributed by atoms with Crippen molar-refractivity contribution in [3.05, 3.63) is 0 Å². The standard InChI is InChI=1S/C14H29N3/c1-13-12-17(11-10-16(13)2)9-5-8-15-14-6-3-4-7-14/h13-15H,3-12H2,1-2H3. The minimum absolute atomic E-state index is 0.728. The van der Waals surface area contributed by atoms with Crippen molar-refractivity contribution in [3.63, 3.8) is 0 Å². The molecule has 2 aliphatic rings. The second kappa shape index (κ2) is 6.72. The van der Waals surface area contributed by atoms with Crippen molar-refractivity contribution in [3.8, 4) is 0 Å². The molecule has 0 bridgehead atoms. The third kappa shape index (κ3) is 4.23. The fraction of sp³-hybridized carbons (Fsp3) is 1.00. The molecular formula is C14H29N3. The van der Waals surface area contributed by atoms with Gasteiger partial charge in [0.2, 0.25) is 0 Å². The highest BCUT2D eigenvalue weighted by Crippen LogP contribution is 2.17. The van der Waals surface area contributed by atoms with Gasteiger partial charge in [-0.1, -0.05) is 12.8 Å². The summed E-state index contributed by atoms with van der Waals surface area (Å²) in [5, 5.41) is 3.70. The Hall–Kier alpha value is -0.120. The van der Waals surface area contributed by atoms with Gasteiger partial charge in [-0.3, -0.25) is 0 Å². The van der Waals surface area contributed by atoms with E-state index in [0.717, 1.165) is 12.1 Å². The Morgan fingerprint density at radius 2 is 1.94 bits per heavy atom. The summed E-state index contributed by atoms with van der Waals surface area (Å²) >= 11 is 0. The highest BCUT2D eigenvalue weighted by molar-refractivity contribution is 4.77. The van der Waals surface area contributed by atoms with Crippen LogP contribution in [0.1, 0.15) is 39.0 Å². The normalized spacial score (nSPS) is 28.9. The van der Waals surface area contributed by atoms with Crippen molar-refractivity contribution >= 4 is 0 Å². The zero-order valence-electron chi connectivity index (χ0n) is 11.6. The summed E-state index contributed by atoms with van der Waals surface area (Å²) in [5.41, 5.74) is 0. The fourth-order valence-corrected chi connectivity index (χ4v) is 3.07. The molecule has 2 rings (SSSR count). The lowest BCUT2D eigenvalue weighted by Gasteiger charge is -2.37. The van der Waals surface area contributed by atoms with Gasteiger partial charge in [0.1, 0.15) is 0 Å². The van der Waals surface area contributed by atoms with E-state index in [9.17, 15) is 0 Å². The number of hydrogen-bond donors (Lipinski definition) is 1. The Kier molecular flexibility index (Phi) is 5.26. The molecule has 0 aromatic rings. The molecule has 0 spiro atoms. The molecule has 1 atom stereocenters. The molecule has 3 heteroatoms. The Balaban J connectivity index is 1.53. The maximum absolute atomic E-state index is 3.70. The van der Waals surface area contributed by atoms with E-state index in [1.165, 1.54) is 64.8 Å². The molecule has 1 heterocycles. The van der Waals surface area contributed by atoms with Crippen LogP contribution in [0.25, 0.3) is 0 Å². The van der Waals surface area contributed by atoms with Gasteiger partial charge in [0, 0.05) is 31.7 Å². The largest absolute Gasteiger partial charge is 0.314 e. The number of nitrogens with zero attached hydrogens (tertiary/aromatic N) is 2. The second-order valence-electron chi connectivity index (χ2n) is 5.92. The van der Waals surface area contributed by atoms with Crippen molar-refractivity contribution < 1.29 is 0 Å². The highest BCUT2D eigenvalue weighted by Gasteiger charge is 2.20. The van der Waals surface area contributed by atoms with Crippen LogP contribution in [0.5, 0.6) is 0 Å². The predicted octanol–water partition coefficient (Wildman–Crippen LogP) is 1.54. The van der Waals surface area contributed by atoms with E-state index in [4.69, 9.17) is 0 Å². The van der Waals surface area contributed by atoms with Crippen molar-refractivity contribution in [1.29, 1.82) is 0 Å². The van der Waals surface area contributed by atoms with E-state index in [0.29, 0.717) is 0 Å². The Bertz CT molecular complexity index is 214. The number of nitrogens with one attached hydrogen (secondary N) is 1. The quantitative estimate of drug-likeness (QED) is 0.734. The number of rotatable bonds is 5. The highest BCUT2D eigenvalue weighted by atomic mass is 15.3. The summed E-state index contributed by atoms with van der Waals surface area (Å²) in [6, 6.07) is 1.56. The SMILES string of the molecule is CC1CN(CCCNC2CCCC2)CCN1C. The van der Waals surface area contributed by atoms with Gasteiger partial charge in [-0.25, -0.2) is 0 Å². The molecule has 1 unspecified atom stereocenters. The molecule has 0 aromatic carbocycles. The van der Waals surface area contributed by atoms with Crippen molar-refractivity contribution in [1.82, 2.24) is 15.1 Å². The number of piperazine rings is 1. The molecule has 0 aromatic heterocycles. The molecule has 2 fully saturated rings. The lowest BCUT2D eigenvalue weighted by Crippen LogP contribution is -2.50. The Morgan fingerprint density at radius 3 is 2.65 bits per heavy atom. The van der Waals surface area contributed by atoms with Gasteiger partial charge in [-0.15, -0.1) is 0 Å². The van der Waals surface area contributed by atoms with Crippen LogP contribution in [-0.4, -0.2) is 61.7 Å². The molecule has 0 amide bonds. The van der Waals surface area contributed by atoms with Gasteiger partial charge < -0.3 is 15.1 Å². The number of likely N-dealkylation sites (N-methyl/N-ethyl adjacent to an activating group) is 1. The maximum Gasteiger partial charge on any atom is 0.0192 e. The average molecular weight is 239 g/mol. The summed E-state index contributed by atoms with van der Waals surface area (Å²) in [5.74, 6) is 0. The van der Waals surface area contributed by atoms with Gasteiger partial charge >= 0.3 is 0 Å². The van der Waals surface area contributed by atoms with Gasteiger partial charge in [-0.2, -0.15) is 0 Å². The van der Waals surface area contributed by atoms with Gasteiger partial charge in [-0.05, 0) is 46.3 Å². The smallest absolute Gasteiger partial charge is 0.0192 e. The van der Waals surface area contributed by atoms with E-state index in [1.54, 1.807) is 0 Å². The van der Waals surface area contributed by atoms with Crippen LogP contribution in [0.4, 0.5) is 0 Å². The lowest BCUT2D eigenvalue weighted by molar-refractivity contribution is 0.104. The zero-order chi connectivity index (χ0) is 12.1. The van der Waals surface area contributed by atoms with Crippen LogP contribution in [0.3, 0.4) is 0 Å². The van der Waals surface area contributed by atoms with Gasteiger partial charge in [0.25, 0.3) is 0 Å². The van der Waals surface area contributed by atoms with Crippen LogP contribution in [0.2, 0.25) is 0 Å². The monoisotopic (exact) mass is 239 g/mol. The van der Waals surface area contributed by atoms with E-state index >= 15 is 0 Å². The van der Waals surface area contributed by atoms with Crippen molar-refractivity contribution in [2.24, 2.45) is 0 Å². The average Bonchev–Trinajstić information content (AvgIpc) is 2.82. The van der Waals surface area contributed by atoms with E-state index in [1.807, 2.05) is 0 Å². The molecule has 1 saturated heterocycles. The van der Waals surface area contributed by atoms with Crippen molar-refractivity contribution in [2.75, 3.05) is 39.8 Å². The van der Waals surface area contributed by atoms with Crippen LogP contribution in [0, 0.1) is 0 Å². The molecule has 1 saturated carbocycles. The summed E-state index contributed by atoms with van der Waals surface area (Å²) in [4.78, 5) is 5.09. The van der Waals surface area contributed by atoms with Crippen LogP contribution in [0.15, 0.2) is 0 Å². The molecule has 1 aliphatic carbocycles. The first-order valence-corrected chi connectivity index (χ1v) is 7.41. The molecular weight excluding hydrogens is 210 g/mol. The number of hydrogen-bond acceptors (Lipinski definition) is 3. The third-order valence-corrected chi connectivity index (χ3v) is 4.48. The van der Waals surface area contributed by atoms with E-state index < -0.39 is 0 Å². The first-order valence-electron chi connectivity index (χ1n) is 7.41. The zero-order valence-corrected chi connectivity index (χ0v) is 11.6. The minimum atomic E-state index is 0.728. The molecule has 1 aliphatic heterocycles. The lowest BCUT2D eigenvalue weighted by atomic mass is 10.2. The predicted molar refractivity (Wildman–Crippen MR) is 73.4 cm³/mol. The molecule has 3 nitrogen and oxygen atoms in total. The Morgan fingerprint density at radius 1 is 1.18 bits per heavy atom. The maximum atomic E-state index is 3.70. The minimum Gasteiger partial charge on any atom is -0.314 e. The van der Waals surface area contributed by atoms with Crippen LogP contribution >= 0.6 is 0 Å². The molecule has 17 heavy (non-hydrogen) atoms. The summed E-state index contributed by atoms with van der Waals surface area (Å²) in [6.07, 6.45) is 7.01. The fourth-order valence-electron chi connectivity index (χ4n) is 3.07. The third-order valence-electron chi connectivity index (χ3n) is 4.48. The molecule has 0 radical (unpaired) electrons.